The molecule has 0 aliphatic heterocycles. The smallest absolute Gasteiger partial charge is 0.119 e. The van der Waals surface area contributed by atoms with Gasteiger partial charge in [0.2, 0.25) is 0 Å². The third kappa shape index (κ3) is 3.80. The summed E-state index contributed by atoms with van der Waals surface area (Å²) in [4.78, 5) is 4.55. The predicted molar refractivity (Wildman–Crippen MR) is 54.8 cm³/mol. The predicted octanol–water partition coefficient (Wildman–Crippen LogP) is 2.10. The van der Waals surface area contributed by atoms with Crippen LogP contribution in [0.3, 0.4) is 0 Å². The molecule has 3 nitrogen and oxygen atoms in total. The molecule has 0 fully saturated rings. The van der Waals surface area contributed by atoms with E-state index in [4.69, 9.17) is 4.74 Å². The molecule has 0 bridgehead atoms. The van der Waals surface area contributed by atoms with Crippen molar-refractivity contribution in [2.24, 2.45) is 5.16 Å². The fourth-order valence-corrected chi connectivity index (χ4v) is 0.835. The average Bonchev–Trinajstić information content (AvgIpc) is 2.15. The van der Waals surface area contributed by atoms with Crippen LogP contribution >= 0.6 is 12.4 Å². The second-order valence-corrected chi connectivity index (χ2v) is 2.19. The molecule has 0 saturated carbocycles. The van der Waals surface area contributed by atoms with Crippen LogP contribution in [-0.4, -0.2) is 20.4 Å². The Hall–Kier alpha value is -1.22. The Balaban J connectivity index is 0.00000144. The summed E-state index contributed by atoms with van der Waals surface area (Å²) in [7, 11) is 3.14. The molecule has 0 N–H and O–H groups in total. The lowest BCUT2D eigenvalue weighted by molar-refractivity contribution is 0.215. The first kappa shape index (κ1) is 11.8. The number of oxime groups is 1. The van der Waals surface area contributed by atoms with E-state index < -0.39 is 0 Å². The van der Waals surface area contributed by atoms with Gasteiger partial charge in [0.05, 0.1) is 13.3 Å². The van der Waals surface area contributed by atoms with Crippen molar-refractivity contribution in [3.8, 4) is 5.75 Å². The molecule has 13 heavy (non-hydrogen) atoms. The summed E-state index contributed by atoms with van der Waals surface area (Å²) in [6.45, 7) is 0. The minimum atomic E-state index is 0. The van der Waals surface area contributed by atoms with Crippen molar-refractivity contribution in [3.63, 3.8) is 0 Å². The van der Waals surface area contributed by atoms with Gasteiger partial charge in [0.25, 0.3) is 0 Å². The monoisotopic (exact) mass is 201 g/mol. The maximum Gasteiger partial charge on any atom is 0.119 e. The molecule has 0 aliphatic rings. The normalized spacial score (nSPS) is 9.38. The van der Waals surface area contributed by atoms with Crippen molar-refractivity contribution in [2.75, 3.05) is 14.2 Å². The van der Waals surface area contributed by atoms with Crippen molar-refractivity contribution >= 4 is 18.6 Å². The third-order valence-electron chi connectivity index (χ3n) is 1.40. The van der Waals surface area contributed by atoms with Crippen LogP contribution in [0.15, 0.2) is 29.4 Å². The minimum absolute atomic E-state index is 0. The second-order valence-electron chi connectivity index (χ2n) is 2.19. The number of halogens is 1. The zero-order chi connectivity index (χ0) is 8.81. The van der Waals surface area contributed by atoms with Gasteiger partial charge in [-0.25, -0.2) is 0 Å². The van der Waals surface area contributed by atoms with Crippen molar-refractivity contribution in [1.82, 2.24) is 0 Å². The fourth-order valence-electron chi connectivity index (χ4n) is 0.835. The molecular weight excluding hydrogens is 190 g/mol. The Morgan fingerprint density at radius 1 is 1.31 bits per heavy atom. The van der Waals surface area contributed by atoms with Crippen LogP contribution in [0.25, 0.3) is 0 Å². The highest BCUT2D eigenvalue weighted by molar-refractivity contribution is 5.85. The summed E-state index contributed by atoms with van der Waals surface area (Å²) in [5, 5.41) is 3.64. The number of methoxy groups -OCH3 is 1. The lowest BCUT2D eigenvalue weighted by atomic mass is 10.2. The van der Waals surface area contributed by atoms with Gasteiger partial charge in [0.1, 0.15) is 12.9 Å². The Morgan fingerprint density at radius 2 is 2.08 bits per heavy atom. The van der Waals surface area contributed by atoms with Gasteiger partial charge in [-0.3, -0.25) is 0 Å². The average molecular weight is 202 g/mol. The van der Waals surface area contributed by atoms with Crippen molar-refractivity contribution < 1.29 is 9.57 Å². The maximum atomic E-state index is 5.03. The third-order valence-corrected chi connectivity index (χ3v) is 1.40. The van der Waals surface area contributed by atoms with Gasteiger partial charge in [0, 0.05) is 0 Å². The summed E-state index contributed by atoms with van der Waals surface area (Å²) >= 11 is 0. The van der Waals surface area contributed by atoms with E-state index in [1.807, 2.05) is 24.3 Å². The van der Waals surface area contributed by atoms with Gasteiger partial charge in [-0.2, -0.15) is 0 Å². The molecular formula is C9H12ClNO2. The Labute approximate surface area is 83.8 Å². The Kier molecular flexibility index (Phi) is 5.72. The van der Waals surface area contributed by atoms with Gasteiger partial charge in [-0.05, 0) is 17.7 Å². The van der Waals surface area contributed by atoms with Crippen molar-refractivity contribution in [1.29, 1.82) is 0 Å². The van der Waals surface area contributed by atoms with Gasteiger partial charge < -0.3 is 9.57 Å². The summed E-state index contributed by atoms with van der Waals surface area (Å²) < 4.78 is 5.03. The van der Waals surface area contributed by atoms with Crippen LogP contribution in [0.5, 0.6) is 5.75 Å². The molecule has 1 aromatic rings. The number of rotatable bonds is 3. The van der Waals surface area contributed by atoms with E-state index in [-0.39, 0.29) is 12.4 Å². The summed E-state index contributed by atoms with van der Waals surface area (Å²) in [6, 6.07) is 7.58. The molecule has 0 unspecified atom stereocenters. The maximum absolute atomic E-state index is 5.03. The molecule has 0 atom stereocenters. The Morgan fingerprint density at radius 3 is 2.69 bits per heavy atom. The lowest BCUT2D eigenvalue weighted by Gasteiger charge is -1.98. The summed E-state index contributed by atoms with van der Waals surface area (Å²) in [5.74, 6) is 0.815. The molecule has 1 rings (SSSR count). The van der Waals surface area contributed by atoms with Crippen LogP contribution in [0, 0.1) is 0 Å². The highest BCUT2D eigenvalue weighted by Crippen LogP contribution is 2.10. The lowest BCUT2D eigenvalue weighted by Crippen LogP contribution is -1.85. The summed E-state index contributed by atoms with van der Waals surface area (Å²) in [6.07, 6.45) is 1.63. The first-order valence-electron chi connectivity index (χ1n) is 3.57. The van der Waals surface area contributed by atoms with Crippen LogP contribution in [0.2, 0.25) is 0 Å². The first-order chi connectivity index (χ1) is 5.86. The second kappa shape index (κ2) is 6.31. The zero-order valence-electron chi connectivity index (χ0n) is 7.56. The molecule has 72 valence electrons. The van der Waals surface area contributed by atoms with Crippen LogP contribution in [0.1, 0.15) is 5.56 Å². The zero-order valence-corrected chi connectivity index (χ0v) is 8.38. The molecule has 0 aliphatic carbocycles. The van der Waals surface area contributed by atoms with Crippen LogP contribution in [0.4, 0.5) is 0 Å². The van der Waals surface area contributed by atoms with Gasteiger partial charge in [-0.15, -0.1) is 12.4 Å². The number of ether oxygens (including phenoxy) is 1. The Bertz CT molecular complexity index is 276. The largest absolute Gasteiger partial charge is 0.497 e. The SMILES string of the molecule is CON=Cc1cccc(OC)c1.Cl. The molecule has 0 amide bonds. The van der Waals surface area contributed by atoms with Crippen molar-refractivity contribution in [2.45, 2.75) is 0 Å². The molecule has 4 heteroatoms. The van der Waals surface area contributed by atoms with E-state index in [0.29, 0.717) is 0 Å². The minimum Gasteiger partial charge on any atom is -0.497 e. The number of benzene rings is 1. The summed E-state index contributed by atoms with van der Waals surface area (Å²) in [5.41, 5.74) is 0.955. The van der Waals surface area contributed by atoms with Gasteiger partial charge in [0.15, 0.2) is 0 Å². The topological polar surface area (TPSA) is 30.8 Å². The molecule has 0 heterocycles. The van der Waals surface area contributed by atoms with Gasteiger partial charge in [-0.1, -0.05) is 17.3 Å². The highest BCUT2D eigenvalue weighted by Gasteiger charge is 1.91. The van der Waals surface area contributed by atoms with Crippen molar-refractivity contribution in [3.05, 3.63) is 29.8 Å². The van der Waals surface area contributed by atoms with E-state index in [2.05, 4.69) is 9.99 Å². The van der Waals surface area contributed by atoms with Crippen LogP contribution < -0.4 is 4.74 Å². The van der Waals surface area contributed by atoms with E-state index in [9.17, 15) is 0 Å². The quantitative estimate of drug-likeness (QED) is 0.554. The number of nitrogens with zero attached hydrogens (tertiary/aromatic N) is 1. The first-order valence-corrected chi connectivity index (χ1v) is 3.57. The fraction of sp³-hybridized carbons (Fsp3) is 0.222. The van der Waals surface area contributed by atoms with E-state index in [1.54, 1.807) is 13.3 Å². The molecule has 0 saturated heterocycles. The number of hydrogen-bond acceptors (Lipinski definition) is 3. The molecule has 1 aromatic carbocycles. The van der Waals surface area contributed by atoms with Crippen LogP contribution in [-0.2, 0) is 4.84 Å². The van der Waals surface area contributed by atoms with E-state index in [0.717, 1.165) is 11.3 Å². The van der Waals surface area contributed by atoms with E-state index >= 15 is 0 Å². The molecule has 0 spiro atoms. The molecule has 0 aromatic heterocycles. The van der Waals surface area contributed by atoms with E-state index in [1.165, 1.54) is 7.11 Å². The van der Waals surface area contributed by atoms with Gasteiger partial charge >= 0.3 is 0 Å². The highest BCUT2D eigenvalue weighted by atomic mass is 35.5. The number of hydrogen-bond donors (Lipinski definition) is 0. The molecule has 0 radical (unpaired) electrons. The standard InChI is InChI=1S/C9H11NO2.ClH/c1-11-9-5-3-4-8(6-9)7-10-12-2;/h3-7H,1-2H3;1H.